The molecule has 1 fully saturated rings. The third-order valence-electron chi connectivity index (χ3n) is 2.92. The number of hydrogen-bond acceptors (Lipinski definition) is 3. The summed E-state index contributed by atoms with van der Waals surface area (Å²) in [6.45, 7) is 4.76. The molecule has 2 rings (SSSR count). The van der Waals surface area contributed by atoms with E-state index in [0.29, 0.717) is 0 Å². The van der Waals surface area contributed by atoms with E-state index in [9.17, 15) is 9.90 Å². The largest absolute Gasteiger partial charge is 0.508 e. The van der Waals surface area contributed by atoms with Gasteiger partial charge in [-0.25, -0.2) is 0 Å². The van der Waals surface area contributed by atoms with Gasteiger partial charge < -0.3 is 14.9 Å². The molecule has 16 heavy (non-hydrogen) atoms. The van der Waals surface area contributed by atoms with Crippen LogP contribution in [0.25, 0.3) is 0 Å². The molecule has 0 spiro atoms. The molecule has 1 amide bonds. The van der Waals surface area contributed by atoms with E-state index >= 15 is 0 Å². The van der Waals surface area contributed by atoms with Gasteiger partial charge in [-0.1, -0.05) is 6.07 Å². The summed E-state index contributed by atoms with van der Waals surface area (Å²) in [6.07, 6.45) is 0. The predicted octanol–water partition coefficient (Wildman–Crippen LogP) is 1.06. The zero-order valence-corrected chi connectivity index (χ0v) is 9.39. The second-order valence-electron chi connectivity index (χ2n) is 4.01. The zero-order valence-electron chi connectivity index (χ0n) is 9.39. The molecular weight excluding hydrogens is 204 g/mol. The van der Waals surface area contributed by atoms with Crippen LogP contribution in [0.5, 0.6) is 5.75 Å². The zero-order chi connectivity index (χ0) is 11.5. The summed E-state index contributed by atoms with van der Waals surface area (Å²) in [5.41, 5.74) is 1.02. The van der Waals surface area contributed by atoms with Crippen molar-refractivity contribution in [2.45, 2.75) is 6.92 Å². The first kappa shape index (κ1) is 10.8. The van der Waals surface area contributed by atoms with Crippen LogP contribution in [0.1, 0.15) is 6.92 Å². The minimum Gasteiger partial charge on any atom is -0.508 e. The van der Waals surface area contributed by atoms with Crippen LogP contribution in [-0.2, 0) is 4.79 Å². The van der Waals surface area contributed by atoms with E-state index in [1.165, 1.54) is 0 Å². The van der Waals surface area contributed by atoms with Crippen LogP contribution in [-0.4, -0.2) is 42.1 Å². The summed E-state index contributed by atoms with van der Waals surface area (Å²) in [7, 11) is 0. The number of piperazine rings is 1. The highest BCUT2D eigenvalue weighted by atomic mass is 16.3. The van der Waals surface area contributed by atoms with E-state index in [4.69, 9.17) is 0 Å². The lowest BCUT2D eigenvalue weighted by molar-refractivity contribution is -0.129. The Labute approximate surface area is 95.1 Å². The van der Waals surface area contributed by atoms with E-state index < -0.39 is 0 Å². The van der Waals surface area contributed by atoms with Crippen LogP contribution in [0.2, 0.25) is 0 Å². The fraction of sp³-hybridized carbons (Fsp3) is 0.417. The minimum atomic E-state index is 0.135. The van der Waals surface area contributed by atoms with Gasteiger partial charge in [-0.15, -0.1) is 0 Å². The van der Waals surface area contributed by atoms with Gasteiger partial charge in [0, 0.05) is 44.9 Å². The van der Waals surface area contributed by atoms with Crippen LogP contribution in [0.3, 0.4) is 0 Å². The molecule has 1 aromatic rings. The van der Waals surface area contributed by atoms with E-state index in [1.54, 1.807) is 19.1 Å². The number of amides is 1. The van der Waals surface area contributed by atoms with Gasteiger partial charge in [-0.3, -0.25) is 4.79 Å². The van der Waals surface area contributed by atoms with Crippen molar-refractivity contribution in [3.05, 3.63) is 24.3 Å². The Bertz CT molecular complexity index is 384. The van der Waals surface area contributed by atoms with E-state index in [-0.39, 0.29) is 11.7 Å². The van der Waals surface area contributed by atoms with Gasteiger partial charge in [0.25, 0.3) is 0 Å². The average molecular weight is 220 g/mol. The lowest BCUT2D eigenvalue weighted by Crippen LogP contribution is -2.48. The van der Waals surface area contributed by atoms with Crippen molar-refractivity contribution in [1.82, 2.24) is 4.90 Å². The van der Waals surface area contributed by atoms with Crippen LogP contribution in [0, 0.1) is 0 Å². The lowest BCUT2D eigenvalue weighted by Gasteiger charge is -2.35. The van der Waals surface area contributed by atoms with Crippen molar-refractivity contribution >= 4 is 11.6 Å². The number of rotatable bonds is 1. The smallest absolute Gasteiger partial charge is 0.219 e. The van der Waals surface area contributed by atoms with Crippen LogP contribution in [0.15, 0.2) is 24.3 Å². The predicted molar refractivity (Wildman–Crippen MR) is 62.6 cm³/mol. The molecule has 1 aliphatic heterocycles. The third-order valence-corrected chi connectivity index (χ3v) is 2.92. The molecule has 0 bridgehead atoms. The Hall–Kier alpha value is -1.71. The summed E-state index contributed by atoms with van der Waals surface area (Å²) < 4.78 is 0. The van der Waals surface area contributed by atoms with Crippen LogP contribution >= 0.6 is 0 Å². The maximum atomic E-state index is 11.2. The van der Waals surface area contributed by atoms with Gasteiger partial charge in [0.15, 0.2) is 0 Å². The molecule has 0 aliphatic carbocycles. The first-order valence-corrected chi connectivity index (χ1v) is 5.46. The molecule has 1 saturated heterocycles. The minimum absolute atomic E-state index is 0.135. The molecule has 4 nitrogen and oxygen atoms in total. The van der Waals surface area contributed by atoms with E-state index in [1.807, 2.05) is 17.0 Å². The second kappa shape index (κ2) is 4.43. The van der Waals surface area contributed by atoms with Crippen LogP contribution in [0.4, 0.5) is 5.69 Å². The SMILES string of the molecule is CC(=O)N1CCN(c2cccc(O)c2)CC1. The highest BCUT2D eigenvalue weighted by Crippen LogP contribution is 2.21. The average Bonchev–Trinajstić information content (AvgIpc) is 2.29. The first-order valence-electron chi connectivity index (χ1n) is 5.46. The molecule has 1 heterocycles. The summed E-state index contributed by atoms with van der Waals surface area (Å²) in [5.74, 6) is 0.419. The maximum Gasteiger partial charge on any atom is 0.219 e. The third kappa shape index (κ3) is 2.27. The van der Waals surface area contributed by atoms with Gasteiger partial charge >= 0.3 is 0 Å². The molecule has 4 heteroatoms. The maximum absolute atomic E-state index is 11.2. The standard InChI is InChI=1S/C12H16N2O2/c1-10(15)13-5-7-14(8-6-13)11-3-2-4-12(16)9-11/h2-4,9,16H,5-8H2,1H3. The van der Waals surface area contributed by atoms with Crippen molar-refractivity contribution in [2.24, 2.45) is 0 Å². The Balaban J connectivity index is 2.01. The number of carbonyl (C=O) groups is 1. The molecule has 1 aliphatic rings. The Kier molecular flexibility index (Phi) is 2.99. The second-order valence-corrected chi connectivity index (χ2v) is 4.01. The molecule has 1 aromatic carbocycles. The summed E-state index contributed by atoms with van der Waals surface area (Å²) in [4.78, 5) is 15.2. The normalized spacial score (nSPS) is 16.3. The number of phenolic OH excluding ortho intramolecular Hbond substituents is 1. The summed E-state index contributed by atoms with van der Waals surface area (Å²) in [5, 5.41) is 9.39. The number of nitrogens with zero attached hydrogens (tertiary/aromatic N) is 2. The van der Waals surface area contributed by atoms with E-state index in [2.05, 4.69) is 4.90 Å². The quantitative estimate of drug-likeness (QED) is 0.769. The lowest BCUT2D eigenvalue weighted by atomic mass is 10.2. The Morgan fingerprint density at radius 2 is 1.94 bits per heavy atom. The van der Waals surface area contributed by atoms with E-state index in [0.717, 1.165) is 31.9 Å². The van der Waals surface area contributed by atoms with Crippen molar-refractivity contribution < 1.29 is 9.90 Å². The van der Waals surface area contributed by atoms with Gasteiger partial charge in [0.05, 0.1) is 0 Å². The monoisotopic (exact) mass is 220 g/mol. The molecule has 86 valence electrons. The van der Waals surface area contributed by atoms with Crippen molar-refractivity contribution in [3.8, 4) is 5.75 Å². The number of hydrogen-bond donors (Lipinski definition) is 1. The number of phenols is 1. The molecule has 0 unspecified atom stereocenters. The molecule has 0 saturated carbocycles. The first-order chi connectivity index (χ1) is 7.66. The van der Waals surface area contributed by atoms with Gasteiger partial charge in [-0.2, -0.15) is 0 Å². The molecule has 0 radical (unpaired) electrons. The van der Waals surface area contributed by atoms with Crippen molar-refractivity contribution in [3.63, 3.8) is 0 Å². The molecule has 0 atom stereocenters. The Morgan fingerprint density at radius 3 is 2.50 bits per heavy atom. The number of carbonyl (C=O) groups excluding carboxylic acids is 1. The molecular formula is C12H16N2O2. The summed E-state index contributed by atoms with van der Waals surface area (Å²) >= 11 is 0. The Morgan fingerprint density at radius 1 is 1.25 bits per heavy atom. The van der Waals surface area contributed by atoms with Gasteiger partial charge in [0.2, 0.25) is 5.91 Å². The number of anilines is 1. The fourth-order valence-corrected chi connectivity index (χ4v) is 1.97. The number of benzene rings is 1. The highest BCUT2D eigenvalue weighted by molar-refractivity contribution is 5.73. The summed E-state index contributed by atoms with van der Waals surface area (Å²) in [6, 6.07) is 7.23. The van der Waals surface area contributed by atoms with Gasteiger partial charge in [-0.05, 0) is 12.1 Å². The van der Waals surface area contributed by atoms with Crippen molar-refractivity contribution in [2.75, 3.05) is 31.1 Å². The topological polar surface area (TPSA) is 43.8 Å². The highest BCUT2D eigenvalue weighted by Gasteiger charge is 2.18. The fourth-order valence-electron chi connectivity index (χ4n) is 1.97. The number of aromatic hydroxyl groups is 1. The van der Waals surface area contributed by atoms with Crippen LogP contribution < -0.4 is 4.90 Å². The molecule has 1 N–H and O–H groups in total. The van der Waals surface area contributed by atoms with Gasteiger partial charge in [0.1, 0.15) is 5.75 Å². The van der Waals surface area contributed by atoms with Crippen molar-refractivity contribution in [1.29, 1.82) is 0 Å². The molecule has 0 aromatic heterocycles.